The van der Waals surface area contributed by atoms with Crippen LogP contribution in [-0.2, 0) is 14.3 Å². The number of ether oxygens (including phenoxy) is 2. The van der Waals surface area contributed by atoms with Gasteiger partial charge in [0.15, 0.2) is 0 Å². The minimum absolute atomic E-state index is 0.173. The van der Waals surface area contributed by atoms with Gasteiger partial charge in [0.05, 0.1) is 13.2 Å². The van der Waals surface area contributed by atoms with Gasteiger partial charge in [-0.1, -0.05) is 154 Å². The van der Waals surface area contributed by atoms with E-state index in [9.17, 15) is 9.90 Å². The van der Waals surface area contributed by atoms with Crippen molar-refractivity contribution in [1.82, 2.24) is 0 Å². The molecule has 0 saturated heterocycles. The molecule has 0 aromatic rings. The number of unbranched alkanes of at least 4 members (excludes halogenated alkanes) is 24. The predicted octanol–water partition coefficient (Wildman–Crippen LogP) is 12.4. The van der Waals surface area contributed by atoms with Gasteiger partial charge in [-0.05, 0) is 64.2 Å². The summed E-state index contributed by atoms with van der Waals surface area (Å²) in [6, 6.07) is 0. The normalized spacial score (nSPS) is 12.5. The zero-order valence-electron chi connectivity index (χ0n) is 29.7. The Morgan fingerprint density at radius 2 is 0.886 bits per heavy atom. The molecule has 0 heterocycles. The molecular formula is C40H76O4. The molecule has 1 N–H and O–H groups in total. The van der Waals surface area contributed by atoms with E-state index in [2.05, 4.69) is 38.2 Å². The molecule has 0 aromatic carbocycles. The molecule has 0 aliphatic carbocycles. The Kier molecular flexibility index (Phi) is 37.1. The van der Waals surface area contributed by atoms with Gasteiger partial charge in [0.2, 0.25) is 0 Å². The highest BCUT2D eigenvalue weighted by Crippen LogP contribution is 2.13. The van der Waals surface area contributed by atoms with E-state index in [1.807, 2.05) is 0 Å². The first-order valence-electron chi connectivity index (χ1n) is 19.4. The van der Waals surface area contributed by atoms with Crippen LogP contribution < -0.4 is 0 Å². The lowest BCUT2D eigenvalue weighted by Crippen LogP contribution is -2.27. The summed E-state index contributed by atoms with van der Waals surface area (Å²) < 4.78 is 11.1. The van der Waals surface area contributed by atoms with E-state index in [1.165, 1.54) is 161 Å². The third-order valence-electron chi connectivity index (χ3n) is 8.50. The number of allylic oxidation sites excluding steroid dienone is 4. The van der Waals surface area contributed by atoms with Crippen LogP contribution in [0.4, 0.5) is 0 Å². The second kappa shape index (κ2) is 38.1. The van der Waals surface area contributed by atoms with Crippen LogP contribution in [0.1, 0.15) is 200 Å². The summed E-state index contributed by atoms with van der Waals surface area (Å²) in [5, 5.41) is 9.56. The number of esters is 1. The second-order valence-corrected chi connectivity index (χ2v) is 13.0. The van der Waals surface area contributed by atoms with Crippen LogP contribution in [0.25, 0.3) is 0 Å². The van der Waals surface area contributed by atoms with Crippen molar-refractivity contribution in [3.8, 4) is 0 Å². The Morgan fingerprint density at radius 3 is 1.32 bits per heavy atom. The van der Waals surface area contributed by atoms with E-state index < -0.39 is 6.10 Å². The third kappa shape index (κ3) is 35.4. The topological polar surface area (TPSA) is 55.8 Å². The van der Waals surface area contributed by atoms with Gasteiger partial charge < -0.3 is 14.6 Å². The Balaban J connectivity index is 3.44. The lowest BCUT2D eigenvalue weighted by molar-refractivity contribution is -0.154. The molecule has 0 aromatic heterocycles. The molecule has 0 spiro atoms. The van der Waals surface area contributed by atoms with Crippen LogP contribution in [-0.4, -0.2) is 37.0 Å². The largest absolute Gasteiger partial charge is 0.457 e. The highest BCUT2D eigenvalue weighted by Gasteiger charge is 2.13. The average molecular weight is 621 g/mol. The Bertz CT molecular complexity index is 614. The van der Waals surface area contributed by atoms with E-state index in [0.29, 0.717) is 19.6 Å². The van der Waals surface area contributed by atoms with E-state index in [1.54, 1.807) is 0 Å². The van der Waals surface area contributed by atoms with E-state index >= 15 is 0 Å². The quantitative estimate of drug-likeness (QED) is 0.0430. The van der Waals surface area contributed by atoms with Crippen molar-refractivity contribution in [2.24, 2.45) is 0 Å². The highest BCUT2D eigenvalue weighted by atomic mass is 16.6. The maximum Gasteiger partial charge on any atom is 0.306 e. The van der Waals surface area contributed by atoms with E-state index in [4.69, 9.17) is 9.47 Å². The van der Waals surface area contributed by atoms with Gasteiger partial charge in [0.1, 0.15) is 6.10 Å². The molecule has 4 nitrogen and oxygen atoms in total. The average Bonchev–Trinajstić information content (AvgIpc) is 3.03. The fourth-order valence-corrected chi connectivity index (χ4v) is 5.55. The first kappa shape index (κ1) is 42.9. The number of rotatable bonds is 36. The van der Waals surface area contributed by atoms with Gasteiger partial charge >= 0.3 is 5.97 Å². The van der Waals surface area contributed by atoms with Crippen molar-refractivity contribution in [3.05, 3.63) is 24.3 Å². The second-order valence-electron chi connectivity index (χ2n) is 13.0. The summed E-state index contributed by atoms with van der Waals surface area (Å²) in [6.45, 7) is 5.33. The van der Waals surface area contributed by atoms with Gasteiger partial charge in [-0.25, -0.2) is 0 Å². The van der Waals surface area contributed by atoms with E-state index in [0.717, 1.165) is 19.3 Å². The van der Waals surface area contributed by atoms with Crippen molar-refractivity contribution in [1.29, 1.82) is 0 Å². The fourth-order valence-electron chi connectivity index (χ4n) is 5.55. The molecule has 0 fully saturated rings. The first-order valence-corrected chi connectivity index (χ1v) is 19.4. The van der Waals surface area contributed by atoms with Crippen LogP contribution in [0.2, 0.25) is 0 Å². The minimum Gasteiger partial charge on any atom is -0.457 e. The number of carbonyl (C=O) groups excluding carboxylic acids is 1. The predicted molar refractivity (Wildman–Crippen MR) is 191 cm³/mol. The molecule has 260 valence electrons. The molecule has 0 rings (SSSR count). The molecule has 1 unspecified atom stereocenters. The SMILES string of the molecule is CCCCCC/C=C\CCCCCCCCOCC(CO)OC(=O)CCCCCCCCC/C=C\CCCCCCCCC. The summed E-state index contributed by atoms with van der Waals surface area (Å²) in [6.07, 6.45) is 45.0. The lowest BCUT2D eigenvalue weighted by Gasteiger charge is -2.15. The standard InChI is InChI=1S/C40H76O4/c1-3-5-7-9-11-13-15-17-19-20-21-22-23-25-27-29-31-33-35-40(42)44-39(37-41)38-43-36-34-32-30-28-26-24-18-16-14-12-10-8-6-4-2/h14,16,19-20,39,41H,3-13,15,17-18,21-38H2,1-2H3/b16-14-,20-19-. The van der Waals surface area contributed by atoms with Crippen molar-refractivity contribution in [2.45, 2.75) is 206 Å². The molecule has 0 saturated carbocycles. The Labute approximate surface area is 275 Å². The van der Waals surface area contributed by atoms with Gasteiger partial charge in [0.25, 0.3) is 0 Å². The molecule has 0 bridgehead atoms. The molecule has 0 amide bonds. The molecule has 0 aliphatic heterocycles. The highest BCUT2D eigenvalue weighted by molar-refractivity contribution is 5.69. The summed E-state index contributed by atoms with van der Waals surface area (Å²) in [5.41, 5.74) is 0. The van der Waals surface area contributed by atoms with Crippen LogP contribution in [0.3, 0.4) is 0 Å². The van der Waals surface area contributed by atoms with Gasteiger partial charge in [-0.15, -0.1) is 0 Å². The van der Waals surface area contributed by atoms with Crippen LogP contribution in [0.15, 0.2) is 24.3 Å². The number of carbonyl (C=O) groups is 1. The monoisotopic (exact) mass is 621 g/mol. The number of aliphatic hydroxyl groups is 1. The summed E-state index contributed by atoms with van der Waals surface area (Å²) in [4.78, 5) is 12.2. The molecule has 4 heteroatoms. The van der Waals surface area contributed by atoms with Crippen molar-refractivity contribution in [3.63, 3.8) is 0 Å². The Hall–Kier alpha value is -1.13. The van der Waals surface area contributed by atoms with Crippen LogP contribution in [0, 0.1) is 0 Å². The van der Waals surface area contributed by atoms with Crippen molar-refractivity contribution in [2.75, 3.05) is 19.8 Å². The minimum atomic E-state index is -0.535. The molecule has 0 aliphatic rings. The van der Waals surface area contributed by atoms with Gasteiger partial charge in [-0.3, -0.25) is 4.79 Å². The zero-order chi connectivity index (χ0) is 32.0. The fraction of sp³-hybridized carbons (Fsp3) is 0.875. The van der Waals surface area contributed by atoms with Crippen LogP contribution in [0.5, 0.6) is 0 Å². The zero-order valence-corrected chi connectivity index (χ0v) is 29.7. The molecule has 1 atom stereocenters. The maximum atomic E-state index is 12.2. The summed E-state index contributed by atoms with van der Waals surface area (Å²) in [7, 11) is 0. The third-order valence-corrected chi connectivity index (χ3v) is 8.50. The molecule has 0 radical (unpaired) electrons. The van der Waals surface area contributed by atoms with Crippen molar-refractivity contribution >= 4 is 5.97 Å². The Morgan fingerprint density at radius 1 is 0.523 bits per heavy atom. The number of aliphatic hydroxyl groups excluding tert-OH is 1. The van der Waals surface area contributed by atoms with E-state index in [-0.39, 0.29) is 12.6 Å². The maximum absolute atomic E-state index is 12.2. The number of hydrogen-bond donors (Lipinski definition) is 1. The first-order chi connectivity index (χ1) is 21.7. The number of hydrogen-bond acceptors (Lipinski definition) is 4. The van der Waals surface area contributed by atoms with Gasteiger partial charge in [-0.2, -0.15) is 0 Å². The van der Waals surface area contributed by atoms with Gasteiger partial charge in [0, 0.05) is 13.0 Å². The summed E-state index contributed by atoms with van der Waals surface area (Å²) in [5.74, 6) is -0.206. The molecular weight excluding hydrogens is 544 g/mol. The molecule has 44 heavy (non-hydrogen) atoms. The van der Waals surface area contributed by atoms with Crippen LogP contribution >= 0.6 is 0 Å². The lowest BCUT2D eigenvalue weighted by atomic mass is 10.1. The van der Waals surface area contributed by atoms with Crippen molar-refractivity contribution < 1.29 is 19.4 Å². The smallest absolute Gasteiger partial charge is 0.306 e. The summed E-state index contributed by atoms with van der Waals surface area (Å²) >= 11 is 0.